The molecule has 1 aromatic carbocycles. The predicted octanol–water partition coefficient (Wildman–Crippen LogP) is 4.54. The van der Waals surface area contributed by atoms with Gasteiger partial charge in [0, 0.05) is 11.9 Å². The van der Waals surface area contributed by atoms with Gasteiger partial charge in [0.05, 0.1) is 12.2 Å². The number of nitrogens with one attached hydrogen (secondary N) is 1. The third-order valence-electron chi connectivity index (χ3n) is 2.80. The summed E-state index contributed by atoms with van der Waals surface area (Å²) in [5, 5.41) is 3.34. The van der Waals surface area contributed by atoms with Crippen LogP contribution in [0.2, 0.25) is 10.3 Å². The van der Waals surface area contributed by atoms with Crippen LogP contribution in [0.25, 0.3) is 5.57 Å². The molecule has 2 aromatic rings. The number of aromatic nitrogens is 1. The average molecular weight is 355 g/mol. The normalized spacial score (nSPS) is 11.2. The molecule has 0 spiro atoms. The van der Waals surface area contributed by atoms with Gasteiger partial charge < -0.3 is 10.1 Å². The fourth-order valence-electron chi connectivity index (χ4n) is 1.80. The largest absolute Gasteiger partial charge is 0.462 e. The van der Waals surface area contributed by atoms with Gasteiger partial charge in [-0.05, 0) is 36.8 Å². The number of hydrogen-bond donors (Lipinski definition) is 1. The van der Waals surface area contributed by atoms with Crippen molar-refractivity contribution in [1.29, 1.82) is 0 Å². The molecule has 0 aliphatic carbocycles. The minimum Gasteiger partial charge on any atom is -0.462 e. The fourth-order valence-corrected chi connectivity index (χ4v) is 2.26. The van der Waals surface area contributed by atoms with Crippen LogP contribution in [0.3, 0.4) is 0 Å². The molecule has 0 unspecified atom stereocenters. The molecular weight excluding hydrogens is 342 g/mol. The number of anilines is 1. The molecule has 0 saturated carbocycles. The van der Waals surface area contributed by atoms with Crippen molar-refractivity contribution in [3.63, 3.8) is 0 Å². The van der Waals surface area contributed by atoms with Crippen molar-refractivity contribution in [2.24, 2.45) is 0 Å². The van der Waals surface area contributed by atoms with Gasteiger partial charge in [-0.15, -0.1) is 0 Å². The first-order valence-electron chi connectivity index (χ1n) is 6.72. The number of carbonyl (C=O) groups excluding carboxylic acids is 1. The van der Waals surface area contributed by atoms with E-state index in [1.165, 1.54) is 30.5 Å². The predicted molar refractivity (Wildman–Crippen MR) is 88.9 cm³/mol. The second-order valence-corrected chi connectivity index (χ2v) is 5.21. The summed E-state index contributed by atoms with van der Waals surface area (Å²) in [5.41, 5.74) is 1.32. The standard InChI is InChI=1S/C16H13Cl2FN2O2/c1-2-23-16(22)13(10-3-5-11(19)6-4-10)9-20-12-7-14(17)21-15(18)8-12/h3-9H,2H2,1H3,(H,20,21). The number of nitrogens with zero attached hydrogens (tertiary/aromatic N) is 1. The maximum absolute atomic E-state index is 13.1. The van der Waals surface area contributed by atoms with Crippen LogP contribution in [-0.2, 0) is 9.53 Å². The Kier molecular flexibility index (Phi) is 5.96. The van der Waals surface area contributed by atoms with Gasteiger partial charge in [-0.3, -0.25) is 0 Å². The number of ether oxygens (including phenoxy) is 1. The highest BCUT2D eigenvalue weighted by Crippen LogP contribution is 2.21. The molecule has 1 N–H and O–H groups in total. The van der Waals surface area contributed by atoms with Crippen LogP contribution in [0, 0.1) is 5.82 Å². The van der Waals surface area contributed by atoms with Gasteiger partial charge in [0.2, 0.25) is 0 Å². The molecule has 0 saturated heterocycles. The van der Waals surface area contributed by atoms with E-state index in [1.54, 1.807) is 19.1 Å². The SMILES string of the molecule is CCOC(=O)C(=CNc1cc(Cl)nc(Cl)c1)c1ccc(F)cc1. The van der Waals surface area contributed by atoms with Gasteiger partial charge in [0.1, 0.15) is 16.1 Å². The summed E-state index contributed by atoms with van der Waals surface area (Å²) in [6.07, 6.45) is 1.45. The molecule has 1 heterocycles. The van der Waals surface area contributed by atoms with Crippen LogP contribution in [0.15, 0.2) is 42.6 Å². The Morgan fingerprint density at radius 1 is 1.26 bits per heavy atom. The highest BCUT2D eigenvalue weighted by Gasteiger charge is 2.13. The van der Waals surface area contributed by atoms with Crippen LogP contribution in [0.5, 0.6) is 0 Å². The summed E-state index contributed by atoms with van der Waals surface area (Å²) in [6, 6.07) is 8.62. The quantitative estimate of drug-likeness (QED) is 0.486. The van der Waals surface area contributed by atoms with Gasteiger partial charge in [-0.1, -0.05) is 35.3 Å². The minimum atomic E-state index is -0.530. The Labute approximate surface area is 142 Å². The molecule has 0 atom stereocenters. The van der Waals surface area contributed by atoms with Crippen molar-refractivity contribution in [1.82, 2.24) is 4.98 Å². The molecule has 0 amide bonds. The molecule has 1 aromatic heterocycles. The Balaban J connectivity index is 2.32. The topological polar surface area (TPSA) is 51.2 Å². The molecular formula is C16H13Cl2FN2O2. The van der Waals surface area contributed by atoms with E-state index in [0.717, 1.165) is 0 Å². The minimum absolute atomic E-state index is 0.216. The van der Waals surface area contributed by atoms with Crippen LogP contribution in [0.4, 0.5) is 10.1 Å². The van der Waals surface area contributed by atoms with Crippen LogP contribution in [0.1, 0.15) is 12.5 Å². The molecule has 0 bridgehead atoms. The van der Waals surface area contributed by atoms with E-state index >= 15 is 0 Å². The summed E-state index contributed by atoms with van der Waals surface area (Å²) in [5.74, 6) is -0.921. The summed E-state index contributed by atoms with van der Waals surface area (Å²) >= 11 is 11.6. The van der Waals surface area contributed by atoms with E-state index in [9.17, 15) is 9.18 Å². The van der Waals surface area contributed by atoms with Crippen molar-refractivity contribution < 1.29 is 13.9 Å². The molecule has 4 nitrogen and oxygen atoms in total. The van der Waals surface area contributed by atoms with E-state index in [-0.39, 0.29) is 22.5 Å². The summed E-state index contributed by atoms with van der Waals surface area (Å²) in [6.45, 7) is 1.93. The summed E-state index contributed by atoms with van der Waals surface area (Å²) in [4.78, 5) is 15.9. The third kappa shape index (κ3) is 4.94. The summed E-state index contributed by atoms with van der Waals surface area (Å²) in [7, 11) is 0. The lowest BCUT2D eigenvalue weighted by Crippen LogP contribution is -2.08. The second kappa shape index (κ2) is 7.94. The Bertz CT molecular complexity index is 713. The molecule has 0 fully saturated rings. The molecule has 7 heteroatoms. The molecule has 0 aliphatic rings. The first kappa shape index (κ1) is 17.2. The molecule has 0 aliphatic heterocycles. The first-order chi connectivity index (χ1) is 11.0. The van der Waals surface area contributed by atoms with E-state index in [0.29, 0.717) is 11.3 Å². The number of halogens is 3. The molecule has 23 heavy (non-hydrogen) atoms. The maximum atomic E-state index is 13.1. The highest BCUT2D eigenvalue weighted by atomic mass is 35.5. The van der Waals surface area contributed by atoms with Crippen molar-refractivity contribution >= 4 is 40.4 Å². The monoisotopic (exact) mass is 354 g/mol. The lowest BCUT2D eigenvalue weighted by atomic mass is 10.1. The number of pyridine rings is 1. The van der Waals surface area contributed by atoms with Crippen molar-refractivity contribution in [3.8, 4) is 0 Å². The Morgan fingerprint density at radius 3 is 2.43 bits per heavy atom. The number of esters is 1. The van der Waals surface area contributed by atoms with Crippen molar-refractivity contribution in [3.05, 3.63) is 64.3 Å². The van der Waals surface area contributed by atoms with Gasteiger partial charge in [0.25, 0.3) is 0 Å². The van der Waals surface area contributed by atoms with E-state index in [2.05, 4.69) is 10.3 Å². The zero-order valence-corrected chi connectivity index (χ0v) is 13.7. The highest BCUT2D eigenvalue weighted by molar-refractivity contribution is 6.32. The van der Waals surface area contributed by atoms with Gasteiger partial charge >= 0.3 is 5.97 Å². The number of rotatable bonds is 5. The number of carbonyl (C=O) groups is 1. The van der Waals surface area contributed by atoms with E-state index in [4.69, 9.17) is 27.9 Å². The molecule has 120 valence electrons. The average Bonchev–Trinajstić information content (AvgIpc) is 2.48. The lowest BCUT2D eigenvalue weighted by molar-refractivity contribution is -0.136. The fraction of sp³-hybridized carbons (Fsp3) is 0.125. The first-order valence-corrected chi connectivity index (χ1v) is 7.48. The molecule has 0 radical (unpaired) electrons. The zero-order chi connectivity index (χ0) is 16.8. The van der Waals surface area contributed by atoms with Crippen molar-refractivity contribution in [2.45, 2.75) is 6.92 Å². The number of hydrogen-bond acceptors (Lipinski definition) is 4. The van der Waals surface area contributed by atoms with Gasteiger partial charge in [0.15, 0.2) is 0 Å². The molecule has 2 rings (SSSR count). The smallest absolute Gasteiger partial charge is 0.340 e. The number of benzene rings is 1. The van der Waals surface area contributed by atoms with Crippen LogP contribution >= 0.6 is 23.2 Å². The zero-order valence-electron chi connectivity index (χ0n) is 12.1. The summed E-state index contributed by atoms with van der Waals surface area (Å²) < 4.78 is 18.1. The van der Waals surface area contributed by atoms with Crippen molar-refractivity contribution in [2.75, 3.05) is 11.9 Å². The van der Waals surface area contributed by atoms with Gasteiger partial charge in [-0.2, -0.15) is 0 Å². The van der Waals surface area contributed by atoms with E-state index in [1.807, 2.05) is 0 Å². The lowest BCUT2D eigenvalue weighted by Gasteiger charge is -2.09. The maximum Gasteiger partial charge on any atom is 0.340 e. The second-order valence-electron chi connectivity index (χ2n) is 4.43. The van der Waals surface area contributed by atoms with Gasteiger partial charge in [-0.25, -0.2) is 14.2 Å². The third-order valence-corrected chi connectivity index (χ3v) is 3.18. The Hall–Kier alpha value is -2.11. The van der Waals surface area contributed by atoms with Crippen LogP contribution < -0.4 is 5.32 Å². The van der Waals surface area contributed by atoms with Crippen LogP contribution in [-0.4, -0.2) is 17.6 Å². The van der Waals surface area contributed by atoms with E-state index < -0.39 is 11.8 Å². The Morgan fingerprint density at radius 2 is 1.87 bits per heavy atom.